The van der Waals surface area contributed by atoms with E-state index in [9.17, 15) is 4.79 Å². The molecule has 0 unspecified atom stereocenters. The lowest BCUT2D eigenvalue weighted by Crippen LogP contribution is -2.50. The maximum absolute atomic E-state index is 11.4. The number of carbonyl (C=O) groups excluding carboxylic acids is 1. The molecular formula is C9H16N2OS. The van der Waals surface area contributed by atoms with Crippen molar-refractivity contribution in [2.75, 3.05) is 25.4 Å². The molecule has 0 aliphatic carbocycles. The van der Waals surface area contributed by atoms with Crippen LogP contribution in [-0.2, 0) is 4.79 Å². The van der Waals surface area contributed by atoms with Gasteiger partial charge in [-0.15, -0.1) is 11.8 Å². The summed E-state index contributed by atoms with van der Waals surface area (Å²) in [6, 6.07) is 0. The molecule has 3 nitrogen and oxygen atoms in total. The van der Waals surface area contributed by atoms with E-state index in [1.165, 1.54) is 0 Å². The third-order valence-electron chi connectivity index (χ3n) is 2.94. The molecule has 0 atom stereocenters. The van der Waals surface area contributed by atoms with Crippen LogP contribution in [0.4, 0.5) is 0 Å². The first-order valence-corrected chi connectivity index (χ1v) is 5.86. The van der Waals surface area contributed by atoms with E-state index in [-0.39, 0.29) is 10.8 Å². The summed E-state index contributed by atoms with van der Waals surface area (Å²) in [6.45, 7) is 4.74. The van der Waals surface area contributed by atoms with Crippen molar-refractivity contribution in [3.8, 4) is 0 Å². The fraction of sp³-hybridized carbons (Fsp3) is 0.889. The number of rotatable bonds is 0. The van der Waals surface area contributed by atoms with Gasteiger partial charge in [0.15, 0.2) is 0 Å². The first kappa shape index (κ1) is 9.34. The van der Waals surface area contributed by atoms with E-state index in [4.69, 9.17) is 0 Å². The minimum absolute atomic E-state index is 0.150. The van der Waals surface area contributed by atoms with Gasteiger partial charge in [0.05, 0.1) is 4.87 Å². The van der Waals surface area contributed by atoms with Gasteiger partial charge < -0.3 is 10.2 Å². The van der Waals surface area contributed by atoms with Crippen molar-refractivity contribution < 1.29 is 4.79 Å². The van der Waals surface area contributed by atoms with Gasteiger partial charge in [-0.3, -0.25) is 4.79 Å². The predicted molar refractivity (Wildman–Crippen MR) is 54.7 cm³/mol. The molecule has 1 spiro atoms. The number of hydrogen-bond donors (Lipinski definition) is 1. The third kappa shape index (κ3) is 1.57. The van der Waals surface area contributed by atoms with Crippen molar-refractivity contribution in [1.29, 1.82) is 0 Å². The van der Waals surface area contributed by atoms with E-state index in [2.05, 4.69) is 10.2 Å². The molecule has 0 aromatic rings. The number of hydrogen-bond acceptors (Lipinski definition) is 3. The first-order valence-electron chi connectivity index (χ1n) is 4.87. The standard InChI is InChI=1S/C9H16N2OS/c1-8(12)11-6-7-13-9(11)2-4-10-5-3-9/h10H,2-7H2,1H3. The zero-order valence-electron chi connectivity index (χ0n) is 8.01. The number of piperidine rings is 1. The van der Waals surface area contributed by atoms with Gasteiger partial charge in [-0.2, -0.15) is 0 Å². The smallest absolute Gasteiger partial charge is 0.220 e. The maximum atomic E-state index is 11.4. The Morgan fingerprint density at radius 2 is 2.15 bits per heavy atom. The molecule has 2 saturated heterocycles. The van der Waals surface area contributed by atoms with E-state index in [1.807, 2.05) is 11.8 Å². The van der Waals surface area contributed by atoms with Crippen LogP contribution < -0.4 is 5.32 Å². The van der Waals surface area contributed by atoms with Crippen LogP contribution in [0.2, 0.25) is 0 Å². The number of carbonyl (C=O) groups is 1. The maximum Gasteiger partial charge on any atom is 0.220 e. The molecule has 1 amide bonds. The second kappa shape index (κ2) is 3.50. The van der Waals surface area contributed by atoms with Gasteiger partial charge in [0, 0.05) is 19.2 Å². The molecule has 4 heteroatoms. The Bertz CT molecular complexity index is 214. The van der Waals surface area contributed by atoms with Crippen molar-refractivity contribution in [3.05, 3.63) is 0 Å². The number of nitrogens with zero attached hydrogens (tertiary/aromatic N) is 1. The second-order valence-corrected chi connectivity index (χ2v) is 5.17. The summed E-state index contributed by atoms with van der Waals surface area (Å²) in [4.78, 5) is 13.6. The van der Waals surface area contributed by atoms with Gasteiger partial charge in [-0.25, -0.2) is 0 Å². The highest BCUT2D eigenvalue weighted by Crippen LogP contribution is 2.42. The van der Waals surface area contributed by atoms with Gasteiger partial charge in [0.1, 0.15) is 0 Å². The zero-order valence-corrected chi connectivity index (χ0v) is 8.82. The molecule has 13 heavy (non-hydrogen) atoms. The monoisotopic (exact) mass is 200 g/mol. The largest absolute Gasteiger partial charge is 0.327 e. The Morgan fingerprint density at radius 3 is 2.77 bits per heavy atom. The quantitative estimate of drug-likeness (QED) is 0.623. The van der Waals surface area contributed by atoms with Gasteiger partial charge in [0.25, 0.3) is 0 Å². The van der Waals surface area contributed by atoms with Crippen molar-refractivity contribution in [2.45, 2.75) is 24.6 Å². The summed E-state index contributed by atoms with van der Waals surface area (Å²) in [5.74, 6) is 1.35. The molecule has 2 aliphatic heterocycles. The summed E-state index contributed by atoms with van der Waals surface area (Å²) >= 11 is 1.97. The van der Waals surface area contributed by atoms with Crippen LogP contribution in [0, 0.1) is 0 Å². The molecular weight excluding hydrogens is 184 g/mol. The van der Waals surface area contributed by atoms with E-state index < -0.39 is 0 Å². The second-order valence-electron chi connectivity index (χ2n) is 3.72. The van der Waals surface area contributed by atoms with Crippen LogP contribution >= 0.6 is 11.8 Å². The molecule has 2 rings (SSSR count). The summed E-state index contributed by atoms with van der Waals surface area (Å²) in [5, 5.41) is 3.34. The predicted octanol–water partition coefficient (Wildman–Crippen LogP) is 0.661. The minimum Gasteiger partial charge on any atom is -0.327 e. The molecule has 1 N–H and O–H groups in total. The Kier molecular flexibility index (Phi) is 2.51. The Labute approximate surface area is 83.2 Å². The molecule has 0 radical (unpaired) electrons. The number of thioether (sulfide) groups is 1. The summed E-state index contributed by atoms with van der Waals surface area (Å²) in [7, 11) is 0. The summed E-state index contributed by atoms with van der Waals surface area (Å²) < 4.78 is 0. The van der Waals surface area contributed by atoms with Crippen molar-refractivity contribution in [1.82, 2.24) is 10.2 Å². The highest BCUT2D eigenvalue weighted by molar-refractivity contribution is 8.00. The minimum atomic E-state index is 0.150. The lowest BCUT2D eigenvalue weighted by Gasteiger charge is -2.40. The number of nitrogens with one attached hydrogen (secondary N) is 1. The zero-order chi connectivity index (χ0) is 9.31. The van der Waals surface area contributed by atoms with Gasteiger partial charge in [-0.1, -0.05) is 0 Å². The summed E-state index contributed by atoms with van der Waals surface area (Å²) in [5.41, 5.74) is 0. The van der Waals surface area contributed by atoms with Crippen molar-refractivity contribution in [3.63, 3.8) is 0 Å². The van der Waals surface area contributed by atoms with Gasteiger partial charge >= 0.3 is 0 Å². The Hall–Kier alpha value is -0.220. The van der Waals surface area contributed by atoms with Crippen LogP contribution in [0.5, 0.6) is 0 Å². The fourth-order valence-electron chi connectivity index (χ4n) is 2.28. The van der Waals surface area contributed by atoms with Crippen LogP contribution in [0.25, 0.3) is 0 Å². The fourth-order valence-corrected chi connectivity index (χ4v) is 3.81. The van der Waals surface area contributed by atoms with Gasteiger partial charge in [0.2, 0.25) is 5.91 Å². The normalized spacial score (nSPS) is 26.7. The number of amides is 1. The lowest BCUT2D eigenvalue weighted by molar-refractivity contribution is -0.131. The molecule has 0 saturated carbocycles. The van der Waals surface area contributed by atoms with E-state index in [0.29, 0.717) is 0 Å². The Morgan fingerprint density at radius 1 is 1.46 bits per heavy atom. The topological polar surface area (TPSA) is 32.3 Å². The molecule has 0 aromatic heterocycles. The third-order valence-corrected chi connectivity index (χ3v) is 4.50. The molecule has 0 aromatic carbocycles. The average molecular weight is 200 g/mol. The first-order chi connectivity index (χ1) is 6.25. The van der Waals surface area contributed by atoms with E-state index in [0.717, 1.165) is 38.2 Å². The van der Waals surface area contributed by atoms with E-state index in [1.54, 1.807) is 6.92 Å². The van der Waals surface area contributed by atoms with Crippen molar-refractivity contribution in [2.24, 2.45) is 0 Å². The van der Waals surface area contributed by atoms with Crippen LogP contribution in [0.15, 0.2) is 0 Å². The van der Waals surface area contributed by atoms with Crippen LogP contribution in [0.3, 0.4) is 0 Å². The molecule has 2 aliphatic rings. The molecule has 74 valence electrons. The molecule has 2 heterocycles. The van der Waals surface area contributed by atoms with Crippen LogP contribution in [-0.4, -0.2) is 41.1 Å². The SMILES string of the molecule is CC(=O)N1CCSC12CCNCC2. The van der Waals surface area contributed by atoms with Gasteiger partial charge in [-0.05, 0) is 25.9 Å². The summed E-state index contributed by atoms with van der Waals surface area (Å²) in [6.07, 6.45) is 2.22. The molecule has 2 fully saturated rings. The van der Waals surface area contributed by atoms with E-state index >= 15 is 0 Å². The highest BCUT2D eigenvalue weighted by Gasteiger charge is 2.43. The highest BCUT2D eigenvalue weighted by atomic mass is 32.2. The molecule has 0 bridgehead atoms. The lowest BCUT2D eigenvalue weighted by atomic mass is 10.0. The average Bonchev–Trinajstić information content (AvgIpc) is 2.50. The Balaban J connectivity index is 2.13. The van der Waals surface area contributed by atoms with Crippen LogP contribution in [0.1, 0.15) is 19.8 Å². The van der Waals surface area contributed by atoms with Crippen molar-refractivity contribution >= 4 is 17.7 Å².